The third-order valence-corrected chi connectivity index (χ3v) is 4.25. The second-order valence-electron chi connectivity index (χ2n) is 6.43. The molecule has 1 unspecified atom stereocenters. The summed E-state index contributed by atoms with van der Waals surface area (Å²) in [6.45, 7) is 2.35. The highest BCUT2D eigenvalue weighted by Gasteiger charge is 2.06. The summed E-state index contributed by atoms with van der Waals surface area (Å²) in [5, 5.41) is 18.2. The van der Waals surface area contributed by atoms with Crippen LogP contribution in [-0.2, 0) is 6.61 Å². The summed E-state index contributed by atoms with van der Waals surface area (Å²) in [7, 11) is 0. The average molecular weight is 364 g/mol. The maximum absolute atomic E-state index is 9.34. The number of aliphatic hydroxyl groups is 2. The van der Waals surface area contributed by atoms with Gasteiger partial charge in [0, 0.05) is 0 Å². The average Bonchev–Trinajstić information content (AvgIpc) is 2.72. The Morgan fingerprint density at radius 3 is 2.22 bits per heavy atom. The summed E-state index contributed by atoms with van der Waals surface area (Å²) in [6, 6.07) is 23.9. The normalized spacial score (nSPS) is 11.8. The molecule has 1 atom stereocenters. The summed E-state index contributed by atoms with van der Waals surface area (Å²) in [5.41, 5.74) is 4.39. The van der Waals surface area contributed by atoms with Crippen LogP contribution >= 0.6 is 0 Å². The second-order valence-corrected chi connectivity index (χ2v) is 6.43. The summed E-state index contributed by atoms with van der Waals surface area (Å²) in [6.07, 6.45) is -0.865. The molecule has 3 rings (SSSR count). The molecule has 0 heterocycles. The van der Waals surface area contributed by atoms with Gasteiger partial charge in [0.1, 0.15) is 30.8 Å². The van der Waals surface area contributed by atoms with E-state index in [0.717, 1.165) is 28.0 Å². The summed E-state index contributed by atoms with van der Waals surface area (Å²) < 4.78 is 11.4. The van der Waals surface area contributed by atoms with Gasteiger partial charge >= 0.3 is 0 Å². The van der Waals surface area contributed by atoms with Crippen molar-refractivity contribution < 1.29 is 19.7 Å². The van der Waals surface area contributed by atoms with Gasteiger partial charge in [-0.1, -0.05) is 48.5 Å². The molecule has 27 heavy (non-hydrogen) atoms. The lowest BCUT2D eigenvalue weighted by Gasteiger charge is -2.12. The van der Waals surface area contributed by atoms with Crippen LogP contribution in [0.1, 0.15) is 11.1 Å². The van der Waals surface area contributed by atoms with Crippen LogP contribution in [0, 0.1) is 6.92 Å². The van der Waals surface area contributed by atoms with Crippen molar-refractivity contribution in [2.75, 3.05) is 13.2 Å². The van der Waals surface area contributed by atoms with E-state index in [1.165, 1.54) is 0 Å². The maximum Gasteiger partial charge on any atom is 0.122 e. The molecule has 0 aliphatic rings. The highest BCUT2D eigenvalue weighted by atomic mass is 16.5. The van der Waals surface area contributed by atoms with Gasteiger partial charge in [0.25, 0.3) is 0 Å². The minimum atomic E-state index is -0.865. The van der Waals surface area contributed by atoms with Crippen molar-refractivity contribution in [1.82, 2.24) is 0 Å². The van der Waals surface area contributed by atoms with E-state index in [2.05, 4.69) is 6.07 Å². The van der Waals surface area contributed by atoms with Crippen LogP contribution in [0.3, 0.4) is 0 Å². The molecule has 0 fully saturated rings. The first kappa shape index (κ1) is 19.0. The Hall–Kier alpha value is -2.82. The molecule has 0 amide bonds. The van der Waals surface area contributed by atoms with E-state index >= 15 is 0 Å². The number of hydrogen-bond donors (Lipinski definition) is 2. The molecule has 0 spiro atoms. The monoisotopic (exact) mass is 364 g/mol. The van der Waals surface area contributed by atoms with Crippen molar-refractivity contribution in [3.63, 3.8) is 0 Å². The number of aryl methyl sites for hydroxylation is 1. The zero-order valence-electron chi connectivity index (χ0n) is 15.3. The van der Waals surface area contributed by atoms with Crippen LogP contribution in [0.4, 0.5) is 0 Å². The van der Waals surface area contributed by atoms with E-state index in [0.29, 0.717) is 12.4 Å². The van der Waals surface area contributed by atoms with Gasteiger partial charge in [0.2, 0.25) is 0 Å². The SMILES string of the molecule is Cc1cc(-c2ccc(OCC(O)CO)cc2)ccc1OCc1ccccc1. The fourth-order valence-corrected chi connectivity index (χ4v) is 2.71. The van der Waals surface area contributed by atoms with Crippen LogP contribution in [0.25, 0.3) is 11.1 Å². The number of aliphatic hydroxyl groups excluding tert-OH is 2. The van der Waals surface area contributed by atoms with E-state index in [1.807, 2.05) is 73.7 Å². The van der Waals surface area contributed by atoms with Gasteiger partial charge in [-0.05, 0) is 53.4 Å². The summed E-state index contributed by atoms with van der Waals surface area (Å²) >= 11 is 0. The van der Waals surface area contributed by atoms with Crippen molar-refractivity contribution in [1.29, 1.82) is 0 Å². The van der Waals surface area contributed by atoms with Crippen LogP contribution in [-0.4, -0.2) is 29.5 Å². The van der Waals surface area contributed by atoms with Gasteiger partial charge in [-0.25, -0.2) is 0 Å². The molecule has 3 aromatic carbocycles. The largest absolute Gasteiger partial charge is 0.491 e. The molecule has 0 saturated carbocycles. The van der Waals surface area contributed by atoms with Gasteiger partial charge in [-0.3, -0.25) is 0 Å². The predicted molar refractivity (Wildman–Crippen MR) is 106 cm³/mol. The highest BCUT2D eigenvalue weighted by Crippen LogP contribution is 2.28. The van der Waals surface area contributed by atoms with Crippen LogP contribution in [0.15, 0.2) is 72.8 Å². The fraction of sp³-hybridized carbons (Fsp3) is 0.217. The van der Waals surface area contributed by atoms with Crippen LogP contribution < -0.4 is 9.47 Å². The van der Waals surface area contributed by atoms with Crippen LogP contribution in [0.5, 0.6) is 11.5 Å². The molecule has 4 nitrogen and oxygen atoms in total. The maximum atomic E-state index is 9.34. The Morgan fingerprint density at radius 2 is 1.56 bits per heavy atom. The molecule has 0 aliphatic carbocycles. The highest BCUT2D eigenvalue weighted by molar-refractivity contribution is 5.66. The second kappa shape index (κ2) is 9.21. The van der Waals surface area contributed by atoms with E-state index < -0.39 is 6.10 Å². The zero-order chi connectivity index (χ0) is 19.1. The topological polar surface area (TPSA) is 58.9 Å². The molecule has 2 N–H and O–H groups in total. The Kier molecular flexibility index (Phi) is 6.47. The predicted octanol–water partition coefficient (Wildman–Crippen LogP) is 3.97. The lowest BCUT2D eigenvalue weighted by Crippen LogP contribution is -2.21. The Bertz CT molecular complexity index is 844. The minimum absolute atomic E-state index is 0.0718. The number of rotatable bonds is 8. The lowest BCUT2D eigenvalue weighted by atomic mass is 10.0. The van der Waals surface area contributed by atoms with Crippen molar-refractivity contribution in [3.8, 4) is 22.6 Å². The third-order valence-electron chi connectivity index (χ3n) is 4.25. The Balaban J connectivity index is 1.64. The van der Waals surface area contributed by atoms with Crippen molar-refractivity contribution >= 4 is 0 Å². The minimum Gasteiger partial charge on any atom is -0.491 e. The quantitative estimate of drug-likeness (QED) is 0.635. The lowest BCUT2D eigenvalue weighted by molar-refractivity contribution is 0.0536. The summed E-state index contributed by atoms with van der Waals surface area (Å²) in [5.74, 6) is 1.53. The molecule has 0 aromatic heterocycles. The Labute approximate surface area is 159 Å². The van der Waals surface area contributed by atoms with Crippen molar-refractivity contribution in [2.45, 2.75) is 19.6 Å². The molecule has 4 heteroatoms. The molecule has 0 bridgehead atoms. The van der Waals surface area contributed by atoms with Gasteiger partial charge in [-0.15, -0.1) is 0 Å². The van der Waals surface area contributed by atoms with E-state index in [9.17, 15) is 5.11 Å². The molecule has 0 saturated heterocycles. The number of ether oxygens (including phenoxy) is 2. The first-order valence-corrected chi connectivity index (χ1v) is 8.95. The standard InChI is InChI=1S/C23H24O4/c1-17-13-20(9-12-23(17)27-15-18-5-3-2-4-6-18)19-7-10-22(11-8-19)26-16-21(25)14-24/h2-13,21,24-25H,14-16H2,1H3. The molecule has 0 radical (unpaired) electrons. The van der Waals surface area contributed by atoms with Crippen molar-refractivity contribution in [3.05, 3.63) is 83.9 Å². The number of hydrogen-bond acceptors (Lipinski definition) is 4. The Morgan fingerprint density at radius 1 is 0.852 bits per heavy atom. The molecule has 140 valence electrons. The number of benzene rings is 3. The van der Waals surface area contributed by atoms with E-state index in [-0.39, 0.29) is 13.2 Å². The summed E-state index contributed by atoms with van der Waals surface area (Å²) in [4.78, 5) is 0. The zero-order valence-corrected chi connectivity index (χ0v) is 15.3. The molecular formula is C23H24O4. The van der Waals surface area contributed by atoms with Gasteiger partial charge in [-0.2, -0.15) is 0 Å². The molecule has 3 aromatic rings. The van der Waals surface area contributed by atoms with Crippen LogP contribution in [0.2, 0.25) is 0 Å². The van der Waals surface area contributed by atoms with E-state index in [1.54, 1.807) is 0 Å². The first-order valence-electron chi connectivity index (χ1n) is 8.95. The van der Waals surface area contributed by atoms with Gasteiger partial charge in [0.05, 0.1) is 6.61 Å². The van der Waals surface area contributed by atoms with E-state index in [4.69, 9.17) is 14.6 Å². The smallest absolute Gasteiger partial charge is 0.122 e. The third kappa shape index (κ3) is 5.33. The van der Waals surface area contributed by atoms with Gasteiger partial charge < -0.3 is 19.7 Å². The van der Waals surface area contributed by atoms with Crippen molar-refractivity contribution in [2.24, 2.45) is 0 Å². The fourth-order valence-electron chi connectivity index (χ4n) is 2.71. The molecular weight excluding hydrogens is 340 g/mol. The molecule has 0 aliphatic heterocycles. The van der Waals surface area contributed by atoms with Gasteiger partial charge in [0.15, 0.2) is 0 Å². The first-order chi connectivity index (χ1) is 13.2.